The van der Waals surface area contributed by atoms with Crippen LogP contribution in [0.15, 0.2) is 33.7 Å². The Hall–Kier alpha value is -0.540. The van der Waals surface area contributed by atoms with Crippen LogP contribution < -0.4 is 15.5 Å². The van der Waals surface area contributed by atoms with Gasteiger partial charge in [0.2, 0.25) is 0 Å². The standard InChI is InChI=1S/C20H32BrN5.HI/c1-22-20(23-11-7-16-8-12-25(2)13-9-16)24-18-10-14-26(15-18)19-5-3-17(21)4-6-19;/h3-6,16,18H,7-15H2,1-2H3,(H2,22,23,24);1H. The lowest BCUT2D eigenvalue weighted by atomic mass is 9.94. The molecule has 1 unspecified atom stereocenters. The Bertz CT molecular complexity index is 587. The Morgan fingerprint density at radius 3 is 2.52 bits per heavy atom. The van der Waals surface area contributed by atoms with E-state index in [4.69, 9.17) is 0 Å². The highest BCUT2D eigenvalue weighted by Crippen LogP contribution is 2.22. The summed E-state index contributed by atoms with van der Waals surface area (Å²) in [6, 6.07) is 9.04. The molecule has 0 spiro atoms. The summed E-state index contributed by atoms with van der Waals surface area (Å²) in [6.07, 6.45) is 5.04. The van der Waals surface area contributed by atoms with Crippen molar-refractivity contribution in [3.63, 3.8) is 0 Å². The molecule has 152 valence electrons. The fourth-order valence-corrected chi connectivity index (χ4v) is 4.16. The maximum absolute atomic E-state index is 4.42. The summed E-state index contributed by atoms with van der Waals surface area (Å²) in [7, 11) is 4.09. The molecule has 0 amide bonds. The van der Waals surface area contributed by atoms with Gasteiger partial charge in [-0.05, 0) is 76.0 Å². The van der Waals surface area contributed by atoms with Crippen LogP contribution in [0.3, 0.4) is 0 Å². The molecule has 2 saturated heterocycles. The molecule has 1 aromatic carbocycles. The summed E-state index contributed by atoms with van der Waals surface area (Å²) < 4.78 is 1.13. The number of guanidine groups is 1. The van der Waals surface area contributed by atoms with Gasteiger partial charge < -0.3 is 20.4 Å². The molecule has 0 aliphatic carbocycles. The van der Waals surface area contributed by atoms with Crippen molar-refractivity contribution < 1.29 is 0 Å². The van der Waals surface area contributed by atoms with Crippen molar-refractivity contribution in [2.45, 2.75) is 31.7 Å². The Labute approximate surface area is 189 Å². The number of piperidine rings is 1. The Balaban J connectivity index is 0.00000261. The lowest BCUT2D eigenvalue weighted by Crippen LogP contribution is -2.45. The van der Waals surface area contributed by atoms with Crippen LogP contribution in [0, 0.1) is 5.92 Å². The molecule has 2 heterocycles. The fourth-order valence-electron chi connectivity index (χ4n) is 3.90. The van der Waals surface area contributed by atoms with Crippen LogP contribution in [0.2, 0.25) is 0 Å². The summed E-state index contributed by atoms with van der Waals surface area (Å²) in [4.78, 5) is 9.29. The quantitative estimate of drug-likeness (QED) is 0.335. The zero-order valence-corrected chi connectivity index (χ0v) is 20.4. The predicted molar refractivity (Wildman–Crippen MR) is 130 cm³/mol. The van der Waals surface area contributed by atoms with Gasteiger partial charge in [-0.25, -0.2) is 0 Å². The number of hydrogen-bond donors (Lipinski definition) is 2. The lowest BCUT2D eigenvalue weighted by Gasteiger charge is -2.29. The normalized spacial score (nSPS) is 21.8. The molecule has 1 atom stereocenters. The van der Waals surface area contributed by atoms with Crippen molar-refractivity contribution in [3.8, 4) is 0 Å². The average molecular weight is 550 g/mol. The van der Waals surface area contributed by atoms with E-state index in [1.165, 1.54) is 38.0 Å². The number of benzene rings is 1. The van der Waals surface area contributed by atoms with E-state index in [0.29, 0.717) is 6.04 Å². The van der Waals surface area contributed by atoms with Gasteiger partial charge in [0.1, 0.15) is 0 Å². The van der Waals surface area contributed by atoms with Gasteiger partial charge in [0.05, 0.1) is 0 Å². The maximum Gasteiger partial charge on any atom is 0.191 e. The van der Waals surface area contributed by atoms with Crippen molar-refractivity contribution in [1.29, 1.82) is 0 Å². The smallest absolute Gasteiger partial charge is 0.191 e. The summed E-state index contributed by atoms with van der Waals surface area (Å²) in [5.74, 6) is 1.80. The second-order valence-corrected chi connectivity index (χ2v) is 8.50. The van der Waals surface area contributed by atoms with E-state index in [9.17, 15) is 0 Å². The van der Waals surface area contributed by atoms with Crippen LogP contribution >= 0.6 is 39.9 Å². The molecule has 2 aliphatic rings. The minimum absolute atomic E-state index is 0. The van der Waals surface area contributed by atoms with Crippen molar-refractivity contribution in [1.82, 2.24) is 15.5 Å². The largest absolute Gasteiger partial charge is 0.369 e. The average Bonchev–Trinajstić information content (AvgIpc) is 3.11. The third-order valence-corrected chi connectivity index (χ3v) is 6.16. The van der Waals surface area contributed by atoms with Crippen LogP contribution in [-0.2, 0) is 0 Å². The summed E-state index contributed by atoms with van der Waals surface area (Å²) in [5, 5.41) is 7.12. The summed E-state index contributed by atoms with van der Waals surface area (Å²) in [5.41, 5.74) is 1.29. The first-order valence-electron chi connectivity index (χ1n) is 9.80. The van der Waals surface area contributed by atoms with E-state index in [1.54, 1.807) is 0 Å². The molecule has 0 aromatic heterocycles. The number of rotatable bonds is 5. The molecule has 0 radical (unpaired) electrons. The predicted octanol–water partition coefficient (Wildman–Crippen LogP) is 3.54. The minimum atomic E-state index is 0. The molecule has 7 heteroatoms. The number of nitrogens with one attached hydrogen (secondary N) is 2. The second-order valence-electron chi connectivity index (χ2n) is 7.59. The Morgan fingerprint density at radius 1 is 1.15 bits per heavy atom. The van der Waals surface area contributed by atoms with Crippen molar-refractivity contribution in [2.75, 3.05) is 51.7 Å². The molecule has 2 N–H and O–H groups in total. The minimum Gasteiger partial charge on any atom is -0.369 e. The van der Waals surface area contributed by atoms with Crippen molar-refractivity contribution in [3.05, 3.63) is 28.7 Å². The van der Waals surface area contributed by atoms with Crippen LogP contribution in [0.5, 0.6) is 0 Å². The summed E-state index contributed by atoms with van der Waals surface area (Å²) in [6.45, 7) is 5.61. The summed E-state index contributed by atoms with van der Waals surface area (Å²) >= 11 is 3.51. The van der Waals surface area contributed by atoms with Crippen molar-refractivity contribution >= 4 is 51.6 Å². The Kier molecular flexibility index (Phi) is 9.65. The highest BCUT2D eigenvalue weighted by Gasteiger charge is 2.23. The molecular weight excluding hydrogens is 517 g/mol. The van der Waals surface area contributed by atoms with E-state index in [0.717, 1.165) is 42.4 Å². The second kappa shape index (κ2) is 11.5. The van der Waals surface area contributed by atoms with E-state index >= 15 is 0 Å². The molecule has 0 bridgehead atoms. The van der Waals surface area contributed by atoms with Gasteiger partial charge in [-0.3, -0.25) is 4.99 Å². The van der Waals surface area contributed by atoms with Gasteiger partial charge in [0.15, 0.2) is 5.96 Å². The number of hydrogen-bond acceptors (Lipinski definition) is 3. The fraction of sp³-hybridized carbons (Fsp3) is 0.650. The molecule has 2 fully saturated rings. The van der Waals surface area contributed by atoms with Gasteiger partial charge >= 0.3 is 0 Å². The van der Waals surface area contributed by atoms with Crippen LogP contribution in [0.25, 0.3) is 0 Å². The van der Waals surface area contributed by atoms with Crippen LogP contribution in [0.4, 0.5) is 5.69 Å². The van der Waals surface area contributed by atoms with E-state index in [2.05, 4.69) is 72.7 Å². The van der Waals surface area contributed by atoms with E-state index < -0.39 is 0 Å². The topological polar surface area (TPSA) is 42.9 Å². The number of nitrogens with zero attached hydrogens (tertiary/aromatic N) is 3. The van der Waals surface area contributed by atoms with Crippen molar-refractivity contribution in [2.24, 2.45) is 10.9 Å². The zero-order valence-electron chi connectivity index (χ0n) is 16.5. The third-order valence-electron chi connectivity index (χ3n) is 5.63. The van der Waals surface area contributed by atoms with Gasteiger partial charge in [0, 0.05) is 42.9 Å². The highest BCUT2D eigenvalue weighted by atomic mass is 127. The van der Waals surface area contributed by atoms with Crippen LogP contribution in [-0.4, -0.2) is 63.7 Å². The van der Waals surface area contributed by atoms with E-state index in [-0.39, 0.29) is 24.0 Å². The molecule has 0 saturated carbocycles. The first-order valence-corrected chi connectivity index (χ1v) is 10.6. The first-order chi connectivity index (χ1) is 12.6. The molecule has 1 aromatic rings. The van der Waals surface area contributed by atoms with Gasteiger partial charge in [-0.2, -0.15) is 0 Å². The number of aliphatic imine (C=N–C) groups is 1. The molecular formula is C20H33BrIN5. The molecule has 2 aliphatic heterocycles. The van der Waals surface area contributed by atoms with E-state index in [1.807, 2.05) is 7.05 Å². The lowest BCUT2D eigenvalue weighted by molar-refractivity contribution is 0.213. The molecule has 5 nitrogen and oxygen atoms in total. The van der Waals surface area contributed by atoms with Gasteiger partial charge in [-0.1, -0.05) is 15.9 Å². The molecule has 27 heavy (non-hydrogen) atoms. The third kappa shape index (κ3) is 7.09. The Morgan fingerprint density at radius 2 is 1.85 bits per heavy atom. The highest BCUT2D eigenvalue weighted by molar-refractivity contribution is 14.0. The number of likely N-dealkylation sites (tertiary alicyclic amines) is 1. The van der Waals surface area contributed by atoms with Gasteiger partial charge in [0.25, 0.3) is 0 Å². The SMILES string of the molecule is CN=C(NCCC1CCN(C)CC1)NC1CCN(c2ccc(Br)cc2)C1.I. The van der Waals surface area contributed by atoms with Crippen LogP contribution in [0.1, 0.15) is 25.7 Å². The number of anilines is 1. The monoisotopic (exact) mass is 549 g/mol. The first kappa shape index (κ1) is 22.7. The zero-order chi connectivity index (χ0) is 18.4. The maximum atomic E-state index is 4.42. The number of halogens is 2. The van der Waals surface area contributed by atoms with Gasteiger partial charge in [-0.15, -0.1) is 24.0 Å². The molecule has 3 rings (SSSR count).